The zero-order valence-corrected chi connectivity index (χ0v) is 12.6. The van der Waals surface area contributed by atoms with E-state index in [1.165, 1.54) is 64.2 Å². The molecule has 0 fully saturated rings. The van der Waals surface area contributed by atoms with Crippen LogP contribution in [0.2, 0.25) is 0 Å². The Bertz CT molecular complexity index is 180. The molecule has 0 aliphatic carbocycles. The highest BCUT2D eigenvalue weighted by molar-refractivity contribution is 5.75. The van der Waals surface area contributed by atoms with Crippen LogP contribution in [0.1, 0.15) is 90.9 Å². The molecular formula is C16H33NO. The van der Waals surface area contributed by atoms with Gasteiger partial charge in [-0.3, -0.25) is 4.79 Å². The number of nitrogens with one attached hydrogen (secondary N) is 1. The summed E-state index contributed by atoms with van der Waals surface area (Å²) in [6.45, 7) is 5.00. The molecular weight excluding hydrogens is 222 g/mol. The Kier molecular flexibility index (Phi) is 14.1. The lowest BCUT2D eigenvalue weighted by molar-refractivity contribution is -0.121. The van der Waals surface area contributed by atoms with Gasteiger partial charge in [0, 0.05) is 13.0 Å². The number of rotatable bonds is 13. The average molecular weight is 255 g/mol. The van der Waals surface area contributed by atoms with Crippen molar-refractivity contribution in [3.05, 3.63) is 0 Å². The first-order chi connectivity index (χ1) is 8.81. The van der Waals surface area contributed by atoms with Crippen molar-refractivity contribution in [3.63, 3.8) is 0 Å². The van der Waals surface area contributed by atoms with Gasteiger partial charge in [-0.1, -0.05) is 71.1 Å². The summed E-state index contributed by atoms with van der Waals surface area (Å²) in [5.41, 5.74) is 0. The summed E-state index contributed by atoms with van der Waals surface area (Å²) >= 11 is 0. The number of unbranched alkanes of at least 4 members (excludes halogenated alkanes) is 10. The second-order valence-electron chi connectivity index (χ2n) is 5.24. The van der Waals surface area contributed by atoms with Crippen LogP contribution in [0.4, 0.5) is 0 Å². The van der Waals surface area contributed by atoms with Crippen LogP contribution in [-0.4, -0.2) is 12.5 Å². The predicted octanol–water partition coefficient (Wildman–Crippen LogP) is 4.82. The first-order valence-electron chi connectivity index (χ1n) is 8.08. The Morgan fingerprint density at radius 1 is 0.722 bits per heavy atom. The third-order valence-corrected chi connectivity index (χ3v) is 3.38. The average Bonchev–Trinajstić information content (AvgIpc) is 2.36. The fourth-order valence-electron chi connectivity index (χ4n) is 2.24. The van der Waals surface area contributed by atoms with Gasteiger partial charge in [0.1, 0.15) is 0 Å². The van der Waals surface area contributed by atoms with E-state index in [4.69, 9.17) is 0 Å². The number of carbonyl (C=O) groups excluding carboxylic acids is 1. The molecule has 0 bridgehead atoms. The molecule has 0 unspecified atom stereocenters. The summed E-state index contributed by atoms with van der Waals surface area (Å²) in [6.07, 6.45) is 15.4. The zero-order valence-electron chi connectivity index (χ0n) is 12.6. The standard InChI is InChI=1S/C16H33NO/c1-3-5-6-7-8-9-10-11-12-13-14-15-16(18)17-4-2/h3-15H2,1-2H3,(H,17,18). The van der Waals surface area contributed by atoms with Crippen LogP contribution in [0.3, 0.4) is 0 Å². The third kappa shape index (κ3) is 13.5. The van der Waals surface area contributed by atoms with Gasteiger partial charge in [0.05, 0.1) is 0 Å². The summed E-state index contributed by atoms with van der Waals surface area (Å²) in [6, 6.07) is 0. The fourth-order valence-corrected chi connectivity index (χ4v) is 2.24. The summed E-state index contributed by atoms with van der Waals surface area (Å²) in [5.74, 6) is 0.216. The zero-order chi connectivity index (χ0) is 13.5. The summed E-state index contributed by atoms with van der Waals surface area (Å²) in [7, 11) is 0. The van der Waals surface area contributed by atoms with Crippen molar-refractivity contribution < 1.29 is 4.79 Å². The molecule has 1 amide bonds. The first kappa shape index (κ1) is 17.5. The minimum Gasteiger partial charge on any atom is -0.356 e. The van der Waals surface area contributed by atoms with Crippen LogP contribution >= 0.6 is 0 Å². The Morgan fingerprint density at radius 2 is 1.17 bits per heavy atom. The van der Waals surface area contributed by atoms with Crippen LogP contribution in [0.15, 0.2) is 0 Å². The molecule has 0 aliphatic heterocycles. The predicted molar refractivity (Wildman–Crippen MR) is 79.8 cm³/mol. The molecule has 108 valence electrons. The monoisotopic (exact) mass is 255 g/mol. The quantitative estimate of drug-likeness (QED) is 0.469. The van der Waals surface area contributed by atoms with E-state index >= 15 is 0 Å². The lowest BCUT2D eigenvalue weighted by Gasteiger charge is -2.03. The molecule has 0 aromatic heterocycles. The van der Waals surface area contributed by atoms with Crippen molar-refractivity contribution in [1.82, 2.24) is 5.32 Å². The van der Waals surface area contributed by atoms with Gasteiger partial charge in [-0.05, 0) is 13.3 Å². The normalized spacial score (nSPS) is 10.6. The highest BCUT2D eigenvalue weighted by atomic mass is 16.1. The van der Waals surface area contributed by atoms with Gasteiger partial charge in [0.2, 0.25) is 5.91 Å². The van der Waals surface area contributed by atoms with E-state index in [1.54, 1.807) is 0 Å². The van der Waals surface area contributed by atoms with Crippen LogP contribution in [0, 0.1) is 0 Å². The van der Waals surface area contributed by atoms with E-state index in [0.717, 1.165) is 13.0 Å². The van der Waals surface area contributed by atoms with Crippen molar-refractivity contribution in [2.75, 3.05) is 6.54 Å². The number of hydrogen-bond donors (Lipinski definition) is 1. The molecule has 0 saturated heterocycles. The van der Waals surface area contributed by atoms with E-state index in [2.05, 4.69) is 12.2 Å². The molecule has 18 heavy (non-hydrogen) atoms. The van der Waals surface area contributed by atoms with Crippen molar-refractivity contribution in [3.8, 4) is 0 Å². The molecule has 0 aromatic rings. The van der Waals surface area contributed by atoms with Crippen LogP contribution in [-0.2, 0) is 4.79 Å². The first-order valence-corrected chi connectivity index (χ1v) is 8.08. The highest BCUT2D eigenvalue weighted by Gasteiger charge is 1.98. The van der Waals surface area contributed by atoms with Crippen molar-refractivity contribution in [2.45, 2.75) is 90.9 Å². The van der Waals surface area contributed by atoms with Crippen LogP contribution in [0.5, 0.6) is 0 Å². The van der Waals surface area contributed by atoms with E-state index in [1.807, 2.05) is 6.92 Å². The molecule has 0 heterocycles. The maximum Gasteiger partial charge on any atom is 0.219 e. The van der Waals surface area contributed by atoms with Gasteiger partial charge >= 0.3 is 0 Å². The summed E-state index contributed by atoms with van der Waals surface area (Å²) < 4.78 is 0. The molecule has 0 atom stereocenters. The SMILES string of the molecule is CCCCCCCCCCCCCC(=O)NCC. The second kappa shape index (κ2) is 14.5. The Morgan fingerprint density at radius 3 is 1.61 bits per heavy atom. The second-order valence-corrected chi connectivity index (χ2v) is 5.24. The van der Waals surface area contributed by atoms with Crippen molar-refractivity contribution in [1.29, 1.82) is 0 Å². The number of amides is 1. The lowest BCUT2D eigenvalue weighted by atomic mass is 10.1. The number of hydrogen-bond acceptors (Lipinski definition) is 1. The van der Waals surface area contributed by atoms with Crippen LogP contribution in [0.25, 0.3) is 0 Å². The summed E-state index contributed by atoms with van der Waals surface area (Å²) in [4.78, 5) is 11.2. The smallest absolute Gasteiger partial charge is 0.219 e. The van der Waals surface area contributed by atoms with Gasteiger partial charge in [0.25, 0.3) is 0 Å². The molecule has 0 spiro atoms. The van der Waals surface area contributed by atoms with Gasteiger partial charge in [-0.2, -0.15) is 0 Å². The highest BCUT2D eigenvalue weighted by Crippen LogP contribution is 2.11. The van der Waals surface area contributed by atoms with Crippen molar-refractivity contribution in [2.24, 2.45) is 0 Å². The fraction of sp³-hybridized carbons (Fsp3) is 0.938. The Balaban J connectivity index is 3.01. The van der Waals surface area contributed by atoms with E-state index < -0.39 is 0 Å². The van der Waals surface area contributed by atoms with Gasteiger partial charge in [-0.15, -0.1) is 0 Å². The topological polar surface area (TPSA) is 29.1 Å². The maximum absolute atomic E-state index is 11.2. The third-order valence-electron chi connectivity index (χ3n) is 3.38. The molecule has 0 rings (SSSR count). The van der Waals surface area contributed by atoms with Crippen molar-refractivity contribution >= 4 is 5.91 Å². The van der Waals surface area contributed by atoms with Gasteiger partial charge in [0.15, 0.2) is 0 Å². The van der Waals surface area contributed by atoms with E-state index in [-0.39, 0.29) is 5.91 Å². The minimum atomic E-state index is 0.216. The van der Waals surface area contributed by atoms with E-state index in [0.29, 0.717) is 6.42 Å². The van der Waals surface area contributed by atoms with Gasteiger partial charge < -0.3 is 5.32 Å². The van der Waals surface area contributed by atoms with Gasteiger partial charge in [-0.25, -0.2) is 0 Å². The lowest BCUT2D eigenvalue weighted by Crippen LogP contribution is -2.21. The minimum absolute atomic E-state index is 0.216. The Labute approximate surface area is 114 Å². The molecule has 0 aliphatic rings. The number of carbonyl (C=O) groups is 1. The Hall–Kier alpha value is -0.530. The maximum atomic E-state index is 11.2. The molecule has 0 radical (unpaired) electrons. The molecule has 2 heteroatoms. The molecule has 0 aromatic carbocycles. The molecule has 1 N–H and O–H groups in total. The molecule has 2 nitrogen and oxygen atoms in total. The largest absolute Gasteiger partial charge is 0.356 e. The molecule has 0 saturated carbocycles. The van der Waals surface area contributed by atoms with Crippen LogP contribution < -0.4 is 5.32 Å². The van der Waals surface area contributed by atoms with E-state index in [9.17, 15) is 4.79 Å². The summed E-state index contributed by atoms with van der Waals surface area (Å²) in [5, 5.41) is 2.84.